The van der Waals surface area contributed by atoms with Crippen LogP contribution in [0.1, 0.15) is 25.8 Å². The van der Waals surface area contributed by atoms with Crippen LogP contribution in [-0.4, -0.2) is 43.0 Å². The van der Waals surface area contributed by atoms with Crippen LogP contribution in [0.25, 0.3) is 0 Å². The molecule has 0 spiro atoms. The Morgan fingerprint density at radius 3 is 2.41 bits per heavy atom. The molecule has 29 heavy (non-hydrogen) atoms. The van der Waals surface area contributed by atoms with E-state index in [1.54, 1.807) is 13.2 Å². The molecule has 0 aliphatic carbocycles. The number of anilines is 1. The third-order valence-corrected chi connectivity index (χ3v) is 4.28. The van der Waals surface area contributed by atoms with Crippen molar-refractivity contribution in [1.29, 1.82) is 0 Å². The minimum atomic E-state index is -0.382. The maximum Gasteiger partial charge on any atom is 0.244 e. The van der Waals surface area contributed by atoms with Crippen LogP contribution in [0.4, 0.5) is 10.1 Å². The van der Waals surface area contributed by atoms with Gasteiger partial charge >= 0.3 is 0 Å². The van der Waals surface area contributed by atoms with Crippen LogP contribution in [0.15, 0.2) is 42.5 Å². The molecule has 2 aromatic carbocycles. The van der Waals surface area contributed by atoms with Crippen molar-refractivity contribution in [3.63, 3.8) is 0 Å². The number of nitrogens with zero attached hydrogens (tertiary/aromatic N) is 1. The molecule has 0 aliphatic rings. The van der Waals surface area contributed by atoms with Crippen LogP contribution in [-0.2, 0) is 9.59 Å². The maximum absolute atomic E-state index is 13.0. The van der Waals surface area contributed by atoms with Gasteiger partial charge in [-0.15, -0.1) is 0 Å². The number of carbonyl (C=O) groups is 2. The summed E-state index contributed by atoms with van der Waals surface area (Å²) in [5.74, 6) is 0.250. The second kappa shape index (κ2) is 10.5. The molecule has 2 rings (SSSR count). The number of halogens is 1. The Bertz CT molecular complexity index is 837. The second-order valence-corrected chi connectivity index (χ2v) is 6.92. The first-order valence-electron chi connectivity index (χ1n) is 9.42. The van der Waals surface area contributed by atoms with Crippen molar-refractivity contribution in [3.8, 4) is 11.5 Å². The number of hydrogen-bond donors (Lipinski definition) is 1. The highest BCUT2D eigenvalue weighted by Gasteiger charge is 2.20. The zero-order chi connectivity index (χ0) is 21.4. The monoisotopic (exact) mass is 402 g/mol. The molecule has 6 nitrogen and oxygen atoms in total. The molecule has 1 N–H and O–H groups in total. The third kappa shape index (κ3) is 6.78. The predicted molar refractivity (Wildman–Crippen MR) is 110 cm³/mol. The van der Waals surface area contributed by atoms with Crippen LogP contribution in [0.2, 0.25) is 0 Å². The summed E-state index contributed by atoms with van der Waals surface area (Å²) in [5, 5.41) is 2.66. The van der Waals surface area contributed by atoms with Gasteiger partial charge in [-0.3, -0.25) is 9.59 Å². The van der Waals surface area contributed by atoms with E-state index >= 15 is 0 Å². The first kappa shape index (κ1) is 22.2. The minimum absolute atomic E-state index is 0.0955. The van der Waals surface area contributed by atoms with E-state index in [0.717, 1.165) is 5.56 Å². The van der Waals surface area contributed by atoms with Gasteiger partial charge in [0, 0.05) is 11.7 Å². The van der Waals surface area contributed by atoms with Gasteiger partial charge in [-0.1, -0.05) is 6.07 Å². The van der Waals surface area contributed by atoms with E-state index in [9.17, 15) is 14.0 Å². The highest BCUT2D eigenvalue weighted by molar-refractivity contribution is 5.94. The van der Waals surface area contributed by atoms with Crippen molar-refractivity contribution in [2.75, 3.05) is 25.6 Å². The van der Waals surface area contributed by atoms with Crippen molar-refractivity contribution in [2.45, 2.75) is 33.2 Å². The largest absolute Gasteiger partial charge is 0.493 e. The van der Waals surface area contributed by atoms with Crippen LogP contribution in [0.3, 0.4) is 0 Å². The lowest BCUT2D eigenvalue weighted by Gasteiger charge is -2.26. The standard InChI is InChI=1S/C22H27FN2O4/c1-15(2)25(14-21(26)24-18-8-6-17(23)7-9-18)22(27)11-12-29-19-10-5-16(3)13-20(19)28-4/h5-10,13,15H,11-12,14H2,1-4H3,(H,24,26). The van der Waals surface area contributed by atoms with Gasteiger partial charge in [0.1, 0.15) is 12.4 Å². The third-order valence-electron chi connectivity index (χ3n) is 4.28. The Kier molecular flexibility index (Phi) is 8.00. The zero-order valence-electron chi connectivity index (χ0n) is 17.2. The lowest BCUT2D eigenvalue weighted by Crippen LogP contribution is -2.42. The van der Waals surface area contributed by atoms with Gasteiger partial charge in [-0.05, 0) is 62.7 Å². The molecule has 0 aromatic heterocycles. The van der Waals surface area contributed by atoms with E-state index < -0.39 is 0 Å². The number of ether oxygens (including phenoxy) is 2. The number of methoxy groups -OCH3 is 1. The molecule has 0 atom stereocenters. The first-order valence-corrected chi connectivity index (χ1v) is 9.42. The van der Waals surface area contributed by atoms with E-state index in [1.165, 1.54) is 29.2 Å². The molecule has 7 heteroatoms. The van der Waals surface area contributed by atoms with E-state index in [4.69, 9.17) is 9.47 Å². The van der Waals surface area contributed by atoms with Crippen molar-refractivity contribution < 1.29 is 23.5 Å². The Balaban J connectivity index is 1.90. The summed E-state index contributed by atoms with van der Waals surface area (Å²) in [7, 11) is 1.56. The molecule has 0 aliphatic heterocycles. The topological polar surface area (TPSA) is 67.9 Å². The fraction of sp³-hybridized carbons (Fsp3) is 0.364. The summed E-state index contributed by atoms with van der Waals surface area (Å²) in [5.41, 5.74) is 1.52. The lowest BCUT2D eigenvalue weighted by molar-refractivity contribution is -0.136. The molecule has 0 unspecified atom stereocenters. The number of aryl methyl sites for hydroxylation is 1. The van der Waals surface area contributed by atoms with Gasteiger partial charge in [-0.25, -0.2) is 4.39 Å². The summed E-state index contributed by atoms with van der Waals surface area (Å²) >= 11 is 0. The highest BCUT2D eigenvalue weighted by Crippen LogP contribution is 2.27. The molecule has 0 saturated heterocycles. The molecule has 0 radical (unpaired) electrons. The van der Waals surface area contributed by atoms with E-state index in [-0.39, 0.29) is 43.2 Å². The number of benzene rings is 2. The molecule has 0 fully saturated rings. The van der Waals surface area contributed by atoms with Crippen LogP contribution < -0.4 is 14.8 Å². The maximum atomic E-state index is 13.0. The normalized spacial score (nSPS) is 10.6. The number of carbonyl (C=O) groups excluding carboxylic acids is 2. The second-order valence-electron chi connectivity index (χ2n) is 6.92. The number of nitrogens with one attached hydrogen (secondary N) is 1. The van der Waals surface area contributed by atoms with Crippen LogP contribution >= 0.6 is 0 Å². The first-order chi connectivity index (χ1) is 13.8. The van der Waals surface area contributed by atoms with Gasteiger partial charge in [0.05, 0.1) is 20.1 Å². The predicted octanol–water partition coefficient (Wildman–Crippen LogP) is 3.79. The van der Waals surface area contributed by atoms with Gasteiger partial charge in [0.2, 0.25) is 11.8 Å². The molecular formula is C22H27FN2O4. The van der Waals surface area contributed by atoms with Gasteiger partial charge in [-0.2, -0.15) is 0 Å². The summed E-state index contributed by atoms with van der Waals surface area (Å²) < 4.78 is 23.9. The fourth-order valence-corrected chi connectivity index (χ4v) is 2.73. The average molecular weight is 402 g/mol. The van der Waals surface area contributed by atoms with Crippen LogP contribution in [0.5, 0.6) is 11.5 Å². The van der Waals surface area contributed by atoms with Crippen molar-refractivity contribution in [1.82, 2.24) is 4.90 Å². The summed E-state index contributed by atoms with van der Waals surface area (Å²) in [6.45, 7) is 5.70. The Morgan fingerprint density at radius 1 is 1.10 bits per heavy atom. The van der Waals surface area contributed by atoms with Crippen molar-refractivity contribution >= 4 is 17.5 Å². The number of amides is 2. The number of rotatable bonds is 9. The average Bonchev–Trinajstić information content (AvgIpc) is 2.68. The van der Waals surface area contributed by atoms with Gasteiger partial charge in [0.25, 0.3) is 0 Å². The Labute approximate surface area is 170 Å². The lowest BCUT2D eigenvalue weighted by atomic mass is 10.2. The van der Waals surface area contributed by atoms with E-state index in [0.29, 0.717) is 17.2 Å². The molecule has 2 aromatic rings. The molecule has 2 amide bonds. The van der Waals surface area contributed by atoms with Gasteiger partial charge < -0.3 is 19.7 Å². The van der Waals surface area contributed by atoms with E-state index in [2.05, 4.69) is 5.32 Å². The van der Waals surface area contributed by atoms with E-state index in [1.807, 2.05) is 32.9 Å². The molecule has 0 heterocycles. The smallest absolute Gasteiger partial charge is 0.244 e. The van der Waals surface area contributed by atoms with Crippen LogP contribution in [0, 0.1) is 12.7 Å². The molecular weight excluding hydrogens is 375 g/mol. The quantitative estimate of drug-likeness (QED) is 0.693. The minimum Gasteiger partial charge on any atom is -0.493 e. The Hall–Kier alpha value is -3.09. The summed E-state index contributed by atoms with van der Waals surface area (Å²) in [4.78, 5) is 26.4. The molecule has 0 bridgehead atoms. The number of hydrogen-bond acceptors (Lipinski definition) is 4. The SMILES string of the molecule is COc1cc(C)ccc1OCCC(=O)N(CC(=O)Nc1ccc(F)cc1)C(C)C. The molecule has 0 saturated carbocycles. The van der Waals surface area contributed by atoms with Gasteiger partial charge in [0.15, 0.2) is 11.5 Å². The zero-order valence-corrected chi connectivity index (χ0v) is 17.2. The van der Waals surface area contributed by atoms with Crippen molar-refractivity contribution in [2.24, 2.45) is 0 Å². The molecule has 156 valence electrons. The highest BCUT2D eigenvalue weighted by atomic mass is 19.1. The summed E-state index contributed by atoms with van der Waals surface area (Å²) in [6, 6.07) is 10.9. The Morgan fingerprint density at radius 2 is 1.79 bits per heavy atom. The van der Waals surface area contributed by atoms with Crippen molar-refractivity contribution in [3.05, 3.63) is 53.8 Å². The fourth-order valence-electron chi connectivity index (χ4n) is 2.73. The summed E-state index contributed by atoms with van der Waals surface area (Å²) in [6.07, 6.45) is 0.124.